The molecule has 0 aromatic heterocycles. The molecule has 2 aromatic carbocycles. The summed E-state index contributed by atoms with van der Waals surface area (Å²) >= 11 is 6.66. The molecule has 0 aliphatic heterocycles. The van der Waals surface area contributed by atoms with Crippen LogP contribution in [0.5, 0.6) is 0 Å². The first-order valence-corrected chi connectivity index (χ1v) is 7.04. The Morgan fingerprint density at radius 1 is 0.944 bits per heavy atom. The second-order valence-electron chi connectivity index (χ2n) is 5.09. The van der Waals surface area contributed by atoms with Crippen LogP contribution in [0.4, 0.5) is 0 Å². The lowest BCUT2D eigenvalue weighted by molar-refractivity contribution is 0.442. The monoisotopic (exact) mass is 256 g/mol. The van der Waals surface area contributed by atoms with Crippen molar-refractivity contribution in [1.29, 1.82) is 0 Å². The van der Waals surface area contributed by atoms with Gasteiger partial charge in [-0.2, -0.15) is 0 Å². The van der Waals surface area contributed by atoms with E-state index >= 15 is 0 Å². The van der Waals surface area contributed by atoms with Gasteiger partial charge in [0.2, 0.25) is 0 Å². The van der Waals surface area contributed by atoms with Gasteiger partial charge in [0.25, 0.3) is 0 Å². The average molecular weight is 257 g/mol. The Morgan fingerprint density at radius 3 is 2.50 bits per heavy atom. The van der Waals surface area contributed by atoms with Gasteiger partial charge >= 0.3 is 0 Å². The summed E-state index contributed by atoms with van der Waals surface area (Å²) in [6.07, 6.45) is 3.44. The number of hydrogen-bond acceptors (Lipinski definition) is 0. The number of benzene rings is 2. The summed E-state index contributed by atoms with van der Waals surface area (Å²) in [5, 5.41) is 0.162. The first-order valence-electron chi connectivity index (χ1n) is 6.60. The van der Waals surface area contributed by atoms with Crippen LogP contribution in [-0.2, 0) is 12.8 Å². The topological polar surface area (TPSA) is 0 Å². The lowest BCUT2D eigenvalue weighted by atomic mass is 9.80. The maximum Gasteiger partial charge on any atom is 0.0619 e. The Labute approximate surface area is 114 Å². The van der Waals surface area contributed by atoms with E-state index in [9.17, 15) is 0 Å². The molecule has 0 bridgehead atoms. The van der Waals surface area contributed by atoms with Crippen LogP contribution in [0.25, 0.3) is 0 Å². The highest BCUT2D eigenvalue weighted by molar-refractivity contribution is 6.21. The van der Waals surface area contributed by atoms with Crippen LogP contribution in [0.1, 0.15) is 28.5 Å². The van der Waals surface area contributed by atoms with Crippen molar-refractivity contribution in [2.45, 2.75) is 24.6 Å². The third kappa shape index (κ3) is 2.30. The van der Waals surface area contributed by atoms with Crippen molar-refractivity contribution in [2.24, 2.45) is 5.92 Å². The van der Waals surface area contributed by atoms with E-state index in [1.807, 2.05) is 0 Å². The fourth-order valence-electron chi connectivity index (χ4n) is 2.89. The maximum atomic E-state index is 6.66. The highest BCUT2D eigenvalue weighted by Crippen LogP contribution is 2.40. The summed E-state index contributed by atoms with van der Waals surface area (Å²) in [7, 11) is 0. The van der Waals surface area contributed by atoms with Crippen LogP contribution in [0.15, 0.2) is 54.6 Å². The van der Waals surface area contributed by atoms with E-state index in [0.29, 0.717) is 5.92 Å². The zero-order valence-electron chi connectivity index (χ0n) is 10.4. The molecule has 0 N–H and O–H groups in total. The molecule has 0 saturated carbocycles. The van der Waals surface area contributed by atoms with E-state index in [4.69, 9.17) is 11.6 Å². The normalized spacial score (nSPS) is 22.5. The Bertz CT molecular complexity index is 518. The Hall–Kier alpha value is -1.27. The summed E-state index contributed by atoms with van der Waals surface area (Å²) in [6.45, 7) is 0. The summed E-state index contributed by atoms with van der Waals surface area (Å²) in [5.41, 5.74) is 4.17. The van der Waals surface area contributed by atoms with Gasteiger partial charge in [-0.15, -0.1) is 11.6 Å². The molecule has 0 fully saturated rings. The lowest BCUT2D eigenvalue weighted by Gasteiger charge is -2.29. The van der Waals surface area contributed by atoms with Crippen molar-refractivity contribution in [1.82, 2.24) is 0 Å². The lowest BCUT2D eigenvalue weighted by Crippen LogP contribution is -2.19. The van der Waals surface area contributed by atoms with E-state index in [-0.39, 0.29) is 5.38 Å². The summed E-state index contributed by atoms with van der Waals surface area (Å²) in [4.78, 5) is 0. The molecule has 0 amide bonds. The second-order valence-corrected chi connectivity index (χ2v) is 5.56. The summed E-state index contributed by atoms with van der Waals surface area (Å²) < 4.78 is 0. The molecule has 3 rings (SSSR count). The molecule has 92 valence electrons. The highest BCUT2D eigenvalue weighted by atomic mass is 35.5. The molecule has 0 heterocycles. The minimum Gasteiger partial charge on any atom is -0.117 e. The number of fused-ring (bicyclic) bond motifs is 1. The molecule has 1 heteroatoms. The Morgan fingerprint density at radius 2 is 1.67 bits per heavy atom. The summed E-state index contributed by atoms with van der Waals surface area (Å²) in [6, 6.07) is 19.3. The molecular formula is C17H17Cl. The van der Waals surface area contributed by atoms with Crippen LogP contribution in [0.3, 0.4) is 0 Å². The predicted molar refractivity (Wildman–Crippen MR) is 77.0 cm³/mol. The zero-order chi connectivity index (χ0) is 12.4. The Balaban J connectivity index is 1.81. The van der Waals surface area contributed by atoms with Gasteiger partial charge in [-0.3, -0.25) is 0 Å². The molecule has 2 unspecified atom stereocenters. The van der Waals surface area contributed by atoms with Gasteiger partial charge in [-0.05, 0) is 41.9 Å². The van der Waals surface area contributed by atoms with Gasteiger partial charge in [0.1, 0.15) is 0 Å². The minimum atomic E-state index is 0.162. The zero-order valence-corrected chi connectivity index (χ0v) is 11.1. The van der Waals surface area contributed by atoms with E-state index in [2.05, 4.69) is 54.6 Å². The number of halogens is 1. The molecule has 0 radical (unpaired) electrons. The fourth-order valence-corrected chi connectivity index (χ4v) is 3.32. The largest absolute Gasteiger partial charge is 0.117 e. The number of alkyl halides is 1. The van der Waals surface area contributed by atoms with Crippen molar-refractivity contribution in [2.75, 3.05) is 0 Å². The molecule has 0 saturated heterocycles. The molecule has 1 aliphatic rings. The quantitative estimate of drug-likeness (QED) is 0.679. The number of aryl methyl sites for hydroxylation is 1. The van der Waals surface area contributed by atoms with E-state index < -0.39 is 0 Å². The van der Waals surface area contributed by atoms with Gasteiger partial charge in [0.15, 0.2) is 0 Å². The van der Waals surface area contributed by atoms with Crippen LogP contribution in [0.2, 0.25) is 0 Å². The third-order valence-electron chi connectivity index (χ3n) is 3.89. The van der Waals surface area contributed by atoms with E-state index in [1.54, 1.807) is 0 Å². The molecule has 2 aromatic rings. The predicted octanol–water partition coefficient (Wildman–Crippen LogP) is 4.77. The second kappa shape index (κ2) is 5.16. The maximum absolute atomic E-state index is 6.66. The van der Waals surface area contributed by atoms with Crippen molar-refractivity contribution in [3.63, 3.8) is 0 Å². The van der Waals surface area contributed by atoms with Gasteiger partial charge in [-0.25, -0.2) is 0 Å². The van der Waals surface area contributed by atoms with Crippen LogP contribution >= 0.6 is 11.6 Å². The number of rotatable bonds is 2. The van der Waals surface area contributed by atoms with Crippen LogP contribution in [0, 0.1) is 5.92 Å². The summed E-state index contributed by atoms with van der Waals surface area (Å²) in [5.74, 6) is 0.559. The van der Waals surface area contributed by atoms with Crippen molar-refractivity contribution >= 4 is 11.6 Å². The first-order chi connectivity index (χ1) is 8.84. The van der Waals surface area contributed by atoms with Crippen molar-refractivity contribution in [3.8, 4) is 0 Å². The molecular weight excluding hydrogens is 240 g/mol. The van der Waals surface area contributed by atoms with E-state index in [0.717, 1.165) is 12.8 Å². The van der Waals surface area contributed by atoms with Crippen molar-refractivity contribution in [3.05, 3.63) is 71.3 Å². The molecule has 1 aliphatic carbocycles. The first kappa shape index (κ1) is 11.8. The highest BCUT2D eigenvalue weighted by Gasteiger charge is 2.27. The van der Waals surface area contributed by atoms with Gasteiger partial charge in [0, 0.05) is 0 Å². The molecule has 0 spiro atoms. The fraction of sp³-hybridized carbons (Fsp3) is 0.294. The standard InChI is InChI=1S/C17H17Cl/c18-17-15(12-13-6-2-1-3-7-13)11-10-14-8-4-5-9-16(14)17/h1-9,15,17H,10-12H2. The van der Waals surface area contributed by atoms with Crippen LogP contribution < -0.4 is 0 Å². The third-order valence-corrected chi connectivity index (χ3v) is 4.48. The van der Waals surface area contributed by atoms with Gasteiger partial charge < -0.3 is 0 Å². The average Bonchev–Trinajstić information content (AvgIpc) is 2.43. The smallest absolute Gasteiger partial charge is 0.0619 e. The van der Waals surface area contributed by atoms with Crippen LogP contribution in [-0.4, -0.2) is 0 Å². The SMILES string of the molecule is ClC1c2ccccc2CCC1Cc1ccccc1. The number of hydrogen-bond donors (Lipinski definition) is 0. The van der Waals surface area contributed by atoms with Crippen molar-refractivity contribution < 1.29 is 0 Å². The minimum absolute atomic E-state index is 0.162. The van der Waals surface area contributed by atoms with Gasteiger partial charge in [-0.1, -0.05) is 54.6 Å². The molecule has 18 heavy (non-hydrogen) atoms. The molecule has 2 atom stereocenters. The van der Waals surface area contributed by atoms with Gasteiger partial charge in [0.05, 0.1) is 5.38 Å². The van der Waals surface area contributed by atoms with E-state index in [1.165, 1.54) is 23.1 Å². The molecule has 0 nitrogen and oxygen atoms in total. The Kier molecular flexibility index (Phi) is 3.38.